The van der Waals surface area contributed by atoms with Crippen molar-refractivity contribution in [2.24, 2.45) is 16.0 Å². The largest absolute Gasteiger partial charge is 0.379 e. The van der Waals surface area contributed by atoms with E-state index < -0.39 is 5.79 Å². The molecule has 0 heterocycles. The highest BCUT2D eigenvalue weighted by Gasteiger charge is 2.21. The van der Waals surface area contributed by atoms with Crippen LogP contribution in [0, 0.1) is 0 Å². The number of hydrogen-bond donors (Lipinski definition) is 1. The summed E-state index contributed by atoms with van der Waals surface area (Å²) < 4.78 is 15.3. The van der Waals surface area contributed by atoms with Crippen LogP contribution in [0.2, 0.25) is 0 Å². The number of ether oxygens (including phenoxy) is 3. The highest BCUT2D eigenvalue weighted by atomic mass is 16.5. The highest BCUT2D eigenvalue weighted by molar-refractivity contribution is 4.79. The maximum Gasteiger partial charge on any atom is 0.197 e. The van der Waals surface area contributed by atoms with E-state index in [-0.39, 0.29) is 13.2 Å². The van der Waals surface area contributed by atoms with Crippen LogP contribution in [-0.2, 0) is 14.2 Å². The lowest BCUT2D eigenvalue weighted by molar-refractivity contribution is 0.00678. The Kier molecular flexibility index (Phi) is 9.70. The molecule has 0 aromatic rings. The van der Waals surface area contributed by atoms with E-state index in [1.165, 1.54) is 0 Å². The van der Waals surface area contributed by atoms with Crippen molar-refractivity contribution in [3.05, 3.63) is 20.9 Å². The van der Waals surface area contributed by atoms with Gasteiger partial charge in [-0.3, -0.25) is 0 Å². The molecule has 0 aliphatic carbocycles. The van der Waals surface area contributed by atoms with Crippen molar-refractivity contribution in [2.75, 3.05) is 39.6 Å². The Morgan fingerprint density at radius 2 is 1.50 bits per heavy atom. The average Bonchev–Trinajstić information content (AvgIpc) is 2.33. The van der Waals surface area contributed by atoms with Crippen LogP contribution in [0.5, 0.6) is 0 Å². The maximum atomic E-state index is 8.25. The van der Waals surface area contributed by atoms with Crippen molar-refractivity contribution >= 4 is 0 Å². The second-order valence-electron chi connectivity index (χ2n) is 3.12. The first-order valence-corrected chi connectivity index (χ1v) is 5.33. The smallest absolute Gasteiger partial charge is 0.197 e. The lowest BCUT2D eigenvalue weighted by Crippen LogP contribution is -2.39. The van der Waals surface area contributed by atoms with Crippen LogP contribution in [0.25, 0.3) is 20.9 Å². The Morgan fingerprint density at radius 3 is 2.00 bits per heavy atom. The third kappa shape index (κ3) is 8.59. The molecule has 0 aliphatic heterocycles. The van der Waals surface area contributed by atoms with Gasteiger partial charge in [-0.1, -0.05) is 10.2 Å². The van der Waals surface area contributed by atoms with E-state index in [0.29, 0.717) is 26.4 Å². The fourth-order valence-electron chi connectivity index (χ4n) is 0.937. The van der Waals surface area contributed by atoms with Crippen molar-refractivity contribution in [2.45, 2.75) is 12.7 Å². The van der Waals surface area contributed by atoms with Crippen molar-refractivity contribution in [1.29, 1.82) is 0 Å². The minimum Gasteiger partial charge on any atom is -0.379 e. The molecule has 0 bridgehead atoms. The standard InChI is InChI=1S/C8H17N7O3/c1-2-16-3-4-17-5-6-18-7-8(9,12-14-10)13-15-11/h2-7,9H2,1H3. The number of rotatable bonds is 11. The van der Waals surface area contributed by atoms with E-state index in [0.717, 1.165) is 0 Å². The molecule has 0 aromatic heterocycles. The van der Waals surface area contributed by atoms with Gasteiger partial charge < -0.3 is 19.9 Å². The molecule has 10 nitrogen and oxygen atoms in total. The summed E-state index contributed by atoms with van der Waals surface area (Å²) in [6.45, 7) is 3.91. The summed E-state index contributed by atoms with van der Waals surface area (Å²) in [5, 5.41) is 6.31. The molecule has 18 heavy (non-hydrogen) atoms. The zero-order chi connectivity index (χ0) is 13.7. The molecular formula is C8H17N7O3. The van der Waals surface area contributed by atoms with Gasteiger partial charge in [0.25, 0.3) is 0 Å². The maximum absolute atomic E-state index is 8.25. The molecule has 0 unspecified atom stereocenters. The molecule has 0 aromatic carbocycles. The van der Waals surface area contributed by atoms with Crippen LogP contribution in [-0.4, -0.2) is 45.4 Å². The molecule has 0 spiro atoms. The average molecular weight is 259 g/mol. The summed E-state index contributed by atoms with van der Waals surface area (Å²) in [6.07, 6.45) is 0. The van der Waals surface area contributed by atoms with Gasteiger partial charge in [-0.15, -0.1) is 0 Å². The van der Waals surface area contributed by atoms with Crippen LogP contribution in [0.4, 0.5) is 0 Å². The van der Waals surface area contributed by atoms with Gasteiger partial charge in [-0.25, -0.2) is 0 Å². The number of azide groups is 1. The first kappa shape index (κ1) is 16.5. The van der Waals surface area contributed by atoms with Gasteiger partial charge in [0.2, 0.25) is 0 Å². The molecule has 0 radical (unpaired) electrons. The summed E-state index contributed by atoms with van der Waals surface area (Å²) in [4.78, 5) is 4.97. The molecule has 0 rings (SSSR count). The molecule has 0 atom stereocenters. The van der Waals surface area contributed by atoms with E-state index in [2.05, 4.69) is 20.1 Å². The second-order valence-corrected chi connectivity index (χ2v) is 3.12. The van der Waals surface area contributed by atoms with E-state index in [9.17, 15) is 0 Å². The predicted molar refractivity (Wildman–Crippen MR) is 63.3 cm³/mol. The molecule has 0 saturated heterocycles. The van der Waals surface area contributed by atoms with Crippen LogP contribution < -0.4 is 5.73 Å². The zero-order valence-corrected chi connectivity index (χ0v) is 10.2. The Morgan fingerprint density at radius 1 is 1.00 bits per heavy atom. The van der Waals surface area contributed by atoms with Crippen molar-refractivity contribution in [3.8, 4) is 0 Å². The number of nitrogens with two attached hydrogens (primary N) is 1. The molecule has 0 amide bonds. The van der Waals surface area contributed by atoms with Gasteiger partial charge in [-0.2, -0.15) is 0 Å². The predicted octanol–water partition coefficient (Wildman–Crippen LogP) is 1.29. The lowest BCUT2D eigenvalue weighted by atomic mass is 10.4. The van der Waals surface area contributed by atoms with Crippen LogP contribution >= 0.6 is 0 Å². The van der Waals surface area contributed by atoms with Crippen molar-refractivity contribution < 1.29 is 14.2 Å². The Bertz CT molecular complexity index is 294. The summed E-state index contributed by atoms with van der Waals surface area (Å²) in [5.74, 6) is -1.74. The Labute approximate surface area is 104 Å². The van der Waals surface area contributed by atoms with Gasteiger partial charge in [0.15, 0.2) is 5.79 Å². The number of hydrogen-bond acceptors (Lipinski definition) is 6. The van der Waals surface area contributed by atoms with Crippen LogP contribution in [0.3, 0.4) is 0 Å². The topological polar surface area (TPSA) is 151 Å². The molecular weight excluding hydrogens is 242 g/mol. The molecule has 0 fully saturated rings. The van der Waals surface area contributed by atoms with Gasteiger partial charge in [0, 0.05) is 16.4 Å². The zero-order valence-electron chi connectivity index (χ0n) is 10.2. The minimum absolute atomic E-state index is 0.212. The van der Waals surface area contributed by atoms with Crippen LogP contribution in [0.1, 0.15) is 6.92 Å². The molecule has 2 N–H and O–H groups in total. The monoisotopic (exact) mass is 259 g/mol. The molecule has 0 aliphatic rings. The minimum atomic E-state index is -1.74. The van der Waals surface area contributed by atoms with Gasteiger partial charge in [-0.05, 0) is 18.0 Å². The van der Waals surface area contributed by atoms with E-state index in [4.69, 9.17) is 31.0 Å². The quantitative estimate of drug-likeness (QED) is 0.257. The Balaban J connectivity index is 3.68. The summed E-state index contributed by atoms with van der Waals surface area (Å²) in [6, 6.07) is 0. The fourth-order valence-corrected chi connectivity index (χ4v) is 0.937. The molecule has 102 valence electrons. The fraction of sp³-hybridized carbons (Fsp3) is 1.00. The number of nitrogens with zero attached hydrogens (tertiary/aromatic N) is 6. The third-order valence-electron chi connectivity index (χ3n) is 1.70. The first-order chi connectivity index (χ1) is 8.68. The van der Waals surface area contributed by atoms with E-state index in [1.807, 2.05) is 6.92 Å². The molecule has 10 heteroatoms. The Hall–Kier alpha value is -1.54. The SMILES string of the molecule is CCOCCOCCOCC(N)(N=[N+]=[N-])N=[N+]=[N-]. The van der Waals surface area contributed by atoms with Gasteiger partial charge in [0.05, 0.1) is 33.0 Å². The van der Waals surface area contributed by atoms with Crippen molar-refractivity contribution in [1.82, 2.24) is 0 Å². The van der Waals surface area contributed by atoms with Crippen LogP contribution in [0.15, 0.2) is 10.2 Å². The summed E-state index contributed by atoms with van der Waals surface area (Å²) in [7, 11) is 0. The lowest BCUT2D eigenvalue weighted by Gasteiger charge is -2.17. The van der Waals surface area contributed by atoms with Crippen molar-refractivity contribution in [3.63, 3.8) is 0 Å². The first-order valence-electron chi connectivity index (χ1n) is 5.33. The van der Waals surface area contributed by atoms with Gasteiger partial charge in [0.1, 0.15) is 0 Å². The van der Waals surface area contributed by atoms with E-state index in [1.54, 1.807) is 0 Å². The second kappa shape index (κ2) is 10.6. The normalized spacial score (nSPS) is 13.2. The van der Waals surface area contributed by atoms with Gasteiger partial charge >= 0.3 is 0 Å². The summed E-state index contributed by atoms with van der Waals surface area (Å²) >= 11 is 0. The molecule has 0 saturated carbocycles. The third-order valence-corrected chi connectivity index (χ3v) is 1.70. The summed E-state index contributed by atoms with van der Waals surface area (Å²) in [5.41, 5.74) is 22.0. The highest BCUT2D eigenvalue weighted by Crippen LogP contribution is 2.06. The van der Waals surface area contributed by atoms with E-state index >= 15 is 0 Å².